The molecule has 3 heteroatoms. The van der Waals surface area contributed by atoms with Crippen molar-refractivity contribution >= 4 is 12.0 Å². The number of hydrogen-bond acceptors (Lipinski definition) is 3. The lowest BCUT2D eigenvalue weighted by Crippen LogP contribution is -2.51. The molecule has 3 saturated carbocycles. The number of aryl methyl sites for hydroxylation is 1. The molecule has 0 aliphatic heterocycles. The maximum atomic E-state index is 12.7. The summed E-state index contributed by atoms with van der Waals surface area (Å²) < 4.78 is 5.96. The van der Waals surface area contributed by atoms with E-state index in [1.165, 1.54) is 51.0 Å². The predicted octanol–water partition coefficient (Wildman–Crippen LogP) is 9.91. The van der Waals surface area contributed by atoms with Gasteiger partial charge in [0.1, 0.15) is 11.9 Å². The number of carbonyl (C=O) groups is 1. The van der Waals surface area contributed by atoms with E-state index in [1.54, 1.807) is 17.7 Å². The summed E-state index contributed by atoms with van der Waals surface area (Å²) in [6, 6.07) is 5.36. The quantitative estimate of drug-likeness (QED) is 0.195. The van der Waals surface area contributed by atoms with Crippen molar-refractivity contribution in [3.63, 3.8) is 0 Å². The highest BCUT2D eigenvalue weighted by Crippen LogP contribution is 2.67. The number of phenols is 1. The van der Waals surface area contributed by atoms with E-state index in [-0.39, 0.29) is 23.2 Å². The molecule has 5 rings (SSSR count). The normalized spacial score (nSPS) is 36.3. The van der Waals surface area contributed by atoms with Crippen molar-refractivity contribution in [3.8, 4) is 5.75 Å². The van der Waals surface area contributed by atoms with Crippen molar-refractivity contribution in [2.24, 2.45) is 52.3 Å². The summed E-state index contributed by atoms with van der Waals surface area (Å²) in [6.07, 6.45) is 18.5. The van der Waals surface area contributed by atoms with Gasteiger partial charge in [-0.2, -0.15) is 0 Å². The summed E-state index contributed by atoms with van der Waals surface area (Å²) >= 11 is 0. The van der Waals surface area contributed by atoms with Crippen LogP contribution in [0.25, 0.3) is 6.08 Å². The Hall–Kier alpha value is -2.03. The lowest BCUT2D eigenvalue weighted by molar-refractivity contribution is -0.145. The van der Waals surface area contributed by atoms with Crippen LogP contribution in [-0.2, 0) is 9.53 Å². The molecule has 0 bridgehead atoms. The second kappa shape index (κ2) is 11.9. The number of benzene rings is 1. The van der Waals surface area contributed by atoms with E-state index in [0.29, 0.717) is 5.41 Å². The molecule has 3 nitrogen and oxygen atoms in total. The van der Waals surface area contributed by atoms with Gasteiger partial charge in [0.15, 0.2) is 0 Å². The van der Waals surface area contributed by atoms with Crippen molar-refractivity contribution < 1.29 is 14.6 Å². The highest BCUT2D eigenvalue weighted by molar-refractivity contribution is 5.87. The SMILES string of the molecule is Cc1cc(/C=C/C(=O)O[C@H]2CC[C@@]3(C)C(=CC[C@H]4[C@@H]5CC[C@H]([C@H](C)CC[C@@H](C)C(C)C)[C@@]5(C)CC[C@@H]43)C2)ccc1O. The third-order valence-electron chi connectivity index (χ3n) is 12.9. The predicted molar refractivity (Wildman–Crippen MR) is 169 cm³/mol. The number of esters is 1. The molecule has 4 aliphatic carbocycles. The van der Waals surface area contributed by atoms with Gasteiger partial charge in [-0.1, -0.05) is 72.1 Å². The van der Waals surface area contributed by atoms with Gasteiger partial charge in [0, 0.05) is 12.5 Å². The summed E-state index contributed by atoms with van der Waals surface area (Å²) in [5.74, 6) is 5.83. The molecular formula is C38H56O3. The molecule has 0 spiro atoms. The Balaban J connectivity index is 1.21. The van der Waals surface area contributed by atoms with Crippen LogP contribution in [0, 0.1) is 59.2 Å². The molecule has 0 unspecified atom stereocenters. The number of fused-ring (bicyclic) bond motifs is 5. The minimum atomic E-state index is -0.263. The maximum Gasteiger partial charge on any atom is 0.331 e. The molecule has 0 radical (unpaired) electrons. The van der Waals surface area contributed by atoms with Crippen molar-refractivity contribution in [2.75, 3.05) is 0 Å². The molecule has 0 amide bonds. The first-order chi connectivity index (χ1) is 19.4. The molecule has 0 heterocycles. The molecule has 4 aliphatic rings. The van der Waals surface area contributed by atoms with Crippen molar-refractivity contribution in [3.05, 3.63) is 47.1 Å². The van der Waals surface area contributed by atoms with Crippen LogP contribution in [0.1, 0.15) is 117 Å². The van der Waals surface area contributed by atoms with E-state index in [9.17, 15) is 9.90 Å². The van der Waals surface area contributed by atoms with Crippen LogP contribution in [0.2, 0.25) is 0 Å². The van der Waals surface area contributed by atoms with E-state index >= 15 is 0 Å². The molecule has 226 valence electrons. The van der Waals surface area contributed by atoms with E-state index in [0.717, 1.165) is 71.8 Å². The Labute approximate surface area is 250 Å². The first-order valence-electron chi connectivity index (χ1n) is 16.8. The fourth-order valence-electron chi connectivity index (χ4n) is 9.91. The van der Waals surface area contributed by atoms with Crippen molar-refractivity contribution in [2.45, 2.75) is 119 Å². The second-order valence-corrected chi connectivity index (χ2v) is 15.4. The first kappa shape index (κ1) is 30.4. The molecule has 0 saturated heterocycles. The van der Waals surface area contributed by atoms with Crippen LogP contribution in [0.15, 0.2) is 35.9 Å². The average Bonchev–Trinajstić information content (AvgIpc) is 3.29. The Bertz CT molecular complexity index is 1160. The van der Waals surface area contributed by atoms with Gasteiger partial charge in [0.25, 0.3) is 0 Å². The minimum Gasteiger partial charge on any atom is -0.508 e. The fraction of sp³-hybridized carbons (Fsp3) is 0.711. The number of ether oxygens (including phenoxy) is 1. The van der Waals surface area contributed by atoms with E-state index in [1.807, 2.05) is 19.1 Å². The molecular weight excluding hydrogens is 504 g/mol. The standard InChI is InChI=1S/C38H56O3/c1-24(2)25(3)8-9-26(4)32-14-15-33-31-13-12-29-23-30(18-20-37(29,6)34(31)19-21-38(32,33)7)41-36(40)17-11-28-10-16-35(39)27(5)22-28/h10-12,16-17,22,24-26,30-34,39H,8-9,13-15,18-21,23H2,1-7H3/b17-11+/t25-,26-,30+,31+,32-,33+,34+,37+,38-/m1/s1. The van der Waals surface area contributed by atoms with Crippen LogP contribution in [0.5, 0.6) is 5.75 Å². The number of allylic oxidation sites excluding steroid dienone is 1. The lowest BCUT2D eigenvalue weighted by Gasteiger charge is -2.58. The monoisotopic (exact) mass is 560 g/mol. The van der Waals surface area contributed by atoms with Gasteiger partial charge in [-0.05, 0) is 133 Å². The summed E-state index contributed by atoms with van der Waals surface area (Å²) in [4.78, 5) is 12.7. The molecule has 0 aromatic heterocycles. The smallest absolute Gasteiger partial charge is 0.331 e. The molecule has 3 fully saturated rings. The zero-order valence-corrected chi connectivity index (χ0v) is 26.9. The van der Waals surface area contributed by atoms with Crippen LogP contribution >= 0.6 is 0 Å². The lowest BCUT2D eigenvalue weighted by atomic mass is 9.47. The number of aromatic hydroxyl groups is 1. The van der Waals surface area contributed by atoms with Gasteiger partial charge in [0.2, 0.25) is 0 Å². The number of hydrogen-bond donors (Lipinski definition) is 1. The molecule has 1 N–H and O–H groups in total. The van der Waals surface area contributed by atoms with Crippen LogP contribution in [-0.4, -0.2) is 17.2 Å². The molecule has 1 aromatic carbocycles. The van der Waals surface area contributed by atoms with Crippen molar-refractivity contribution in [1.82, 2.24) is 0 Å². The van der Waals surface area contributed by atoms with Crippen molar-refractivity contribution in [1.29, 1.82) is 0 Å². The Morgan fingerprint density at radius 1 is 1.05 bits per heavy atom. The zero-order valence-electron chi connectivity index (χ0n) is 26.9. The summed E-state index contributed by atoms with van der Waals surface area (Å²) in [5, 5.41) is 9.75. The Morgan fingerprint density at radius 3 is 2.56 bits per heavy atom. The summed E-state index contributed by atoms with van der Waals surface area (Å²) in [6.45, 7) is 16.9. The second-order valence-electron chi connectivity index (χ2n) is 15.4. The van der Waals surface area contributed by atoms with Gasteiger partial charge in [-0.3, -0.25) is 0 Å². The van der Waals surface area contributed by atoms with Gasteiger partial charge < -0.3 is 9.84 Å². The minimum absolute atomic E-state index is 0.0247. The number of phenolic OH excluding ortho intramolecular Hbond substituents is 1. The highest BCUT2D eigenvalue weighted by atomic mass is 16.5. The van der Waals surface area contributed by atoms with E-state index in [2.05, 4.69) is 47.6 Å². The van der Waals surface area contributed by atoms with Crippen LogP contribution < -0.4 is 0 Å². The average molecular weight is 561 g/mol. The Kier molecular flexibility index (Phi) is 8.85. The zero-order chi connectivity index (χ0) is 29.5. The molecule has 41 heavy (non-hydrogen) atoms. The van der Waals surface area contributed by atoms with E-state index < -0.39 is 0 Å². The third-order valence-corrected chi connectivity index (χ3v) is 12.9. The third kappa shape index (κ3) is 5.94. The topological polar surface area (TPSA) is 46.5 Å². The fourth-order valence-corrected chi connectivity index (χ4v) is 9.91. The highest BCUT2D eigenvalue weighted by Gasteiger charge is 2.59. The first-order valence-corrected chi connectivity index (χ1v) is 16.8. The van der Waals surface area contributed by atoms with E-state index in [4.69, 9.17) is 4.74 Å². The van der Waals surface area contributed by atoms with Gasteiger partial charge >= 0.3 is 5.97 Å². The summed E-state index contributed by atoms with van der Waals surface area (Å²) in [5.41, 5.74) is 4.04. The number of rotatable bonds is 8. The van der Waals surface area contributed by atoms with Gasteiger partial charge in [-0.15, -0.1) is 0 Å². The number of carbonyl (C=O) groups excluding carboxylic acids is 1. The van der Waals surface area contributed by atoms with Crippen LogP contribution in [0.3, 0.4) is 0 Å². The largest absolute Gasteiger partial charge is 0.508 e. The molecule has 9 atom stereocenters. The Morgan fingerprint density at radius 2 is 1.83 bits per heavy atom. The van der Waals surface area contributed by atoms with Crippen LogP contribution in [0.4, 0.5) is 0 Å². The molecule has 1 aromatic rings. The maximum absolute atomic E-state index is 12.7. The van der Waals surface area contributed by atoms with Gasteiger partial charge in [0.05, 0.1) is 0 Å². The van der Waals surface area contributed by atoms with Gasteiger partial charge in [-0.25, -0.2) is 4.79 Å². The summed E-state index contributed by atoms with van der Waals surface area (Å²) in [7, 11) is 0.